The molecule has 0 saturated carbocycles. The first-order chi connectivity index (χ1) is 9.14. The van der Waals surface area contributed by atoms with Gasteiger partial charge < -0.3 is 5.32 Å². The number of hydrogen-bond donors (Lipinski definition) is 3. The minimum Gasteiger partial charge on any atom is -0.317 e. The van der Waals surface area contributed by atoms with E-state index in [0.29, 0.717) is 25.8 Å². The Balaban J connectivity index is 2.06. The Bertz CT molecular complexity index is 418. The van der Waals surface area contributed by atoms with Gasteiger partial charge in [0.05, 0.1) is 5.75 Å². The molecular formula is C11H23N5O2S. The van der Waals surface area contributed by atoms with Crippen LogP contribution in [0.3, 0.4) is 0 Å². The van der Waals surface area contributed by atoms with Crippen LogP contribution in [0.2, 0.25) is 0 Å². The van der Waals surface area contributed by atoms with Crippen molar-refractivity contribution in [3.63, 3.8) is 0 Å². The van der Waals surface area contributed by atoms with E-state index in [1.807, 2.05) is 0 Å². The molecular weight excluding hydrogens is 266 g/mol. The van der Waals surface area contributed by atoms with Gasteiger partial charge in [0.15, 0.2) is 0 Å². The van der Waals surface area contributed by atoms with Crippen LogP contribution in [-0.4, -0.2) is 49.0 Å². The summed E-state index contributed by atoms with van der Waals surface area (Å²) in [5.41, 5.74) is 0. The largest absolute Gasteiger partial charge is 0.317 e. The fraction of sp³-hybridized carbons (Fsp3) is 0.818. The lowest BCUT2D eigenvalue weighted by Gasteiger charge is -2.06. The second kappa shape index (κ2) is 9.00. The van der Waals surface area contributed by atoms with Crippen LogP contribution in [-0.2, 0) is 16.4 Å². The van der Waals surface area contributed by atoms with E-state index >= 15 is 0 Å². The maximum absolute atomic E-state index is 11.6. The van der Waals surface area contributed by atoms with Crippen LogP contribution in [0, 0.1) is 0 Å². The van der Waals surface area contributed by atoms with Gasteiger partial charge in [-0.15, -0.1) is 0 Å². The molecule has 3 N–H and O–H groups in total. The summed E-state index contributed by atoms with van der Waals surface area (Å²) in [6.45, 7) is 4.20. The van der Waals surface area contributed by atoms with Crippen molar-refractivity contribution in [1.82, 2.24) is 25.2 Å². The first-order valence-electron chi connectivity index (χ1n) is 6.66. The van der Waals surface area contributed by atoms with Crippen molar-refractivity contribution in [2.45, 2.75) is 32.6 Å². The van der Waals surface area contributed by atoms with Crippen LogP contribution >= 0.6 is 0 Å². The number of nitrogens with zero attached hydrogens (tertiary/aromatic N) is 2. The summed E-state index contributed by atoms with van der Waals surface area (Å²) in [5, 5.41) is 9.66. The molecule has 0 radical (unpaired) electrons. The summed E-state index contributed by atoms with van der Waals surface area (Å²) in [7, 11) is -3.15. The van der Waals surface area contributed by atoms with Crippen molar-refractivity contribution in [3.8, 4) is 0 Å². The van der Waals surface area contributed by atoms with Crippen molar-refractivity contribution in [2.75, 3.05) is 25.4 Å². The molecule has 8 heteroatoms. The lowest BCUT2D eigenvalue weighted by molar-refractivity contribution is 0.571. The average molecular weight is 289 g/mol. The number of H-pyrrole nitrogens is 1. The van der Waals surface area contributed by atoms with Crippen molar-refractivity contribution >= 4 is 10.0 Å². The fourth-order valence-corrected chi connectivity index (χ4v) is 2.72. The molecule has 7 nitrogen and oxygen atoms in total. The minimum absolute atomic E-state index is 0.173. The van der Waals surface area contributed by atoms with Gasteiger partial charge in [-0.3, -0.25) is 5.10 Å². The Morgan fingerprint density at radius 2 is 2.11 bits per heavy atom. The highest BCUT2D eigenvalue weighted by Gasteiger charge is 2.08. The third-order valence-electron chi connectivity index (χ3n) is 2.57. The van der Waals surface area contributed by atoms with Crippen molar-refractivity contribution in [2.24, 2.45) is 0 Å². The standard InChI is InChI=1S/C11H23N5O2S/c1-2-6-12-7-4-9-19(17,18)15-8-3-5-11-13-10-14-16-11/h10,12,15H,2-9H2,1H3,(H,13,14,16). The molecule has 1 aromatic rings. The van der Waals surface area contributed by atoms with Gasteiger partial charge in [-0.25, -0.2) is 18.1 Å². The van der Waals surface area contributed by atoms with Crippen LogP contribution in [0.1, 0.15) is 32.0 Å². The van der Waals surface area contributed by atoms with Gasteiger partial charge in [0.1, 0.15) is 12.2 Å². The van der Waals surface area contributed by atoms with E-state index in [1.54, 1.807) is 0 Å². The molecule has 0 aromatic carbocycles. The van der Waals surface area contributed by atoms with Crippen molar-refractivity contribution in [1.29, 1.82) is 0 Å². The van der Waals surface area contributed by atoms with Gasteiger partial charge in [0.2, 0.25) is 10.0 Å². The normalized spacial score (nSPS) is 11.8. The number of rotatable bonds is 11. The number of sulfonamides is 1. The van der Waals surface area contributed by atoms with Gasteiger partial charge in [0.25, 0.3) is 0 Å². The van der Waals surface area contributed by atoms with E-state index in [2.05, 4.69) is 32.1 Å². The Labute approximate surface area is 114 Å². The third kappa shape index (κ3) is 7.91. The summed E-state index contributed by atoms with van der Waals surface area (Å²) >= 11 is 0. The second-order valence-corrected chi connectivity index (χ2v) is 6.28. The van der Waals surface area contributed by atoms with Crippen molar-refractivity contribution in [3.05, 3.63) is 12.2 Å². The molecule has 0 bridgehead atoms. The zero-order valence-electron chi connectivity index (χ0n) is 11.4. The number of aromatic amines is 1. The predicted octanol–water partition coefficient (Wildman–Crippen LogP) is 0.0464. The van der Waals surface area contributed by atoms with E-state index in [4.69, 9.17) is 0 Å². The Morgan fingerprint density at radius 3 is 2.79 bits per heavy atom. The number of aromatic nitrogens is 3. The Kier molecular flexibility index (Phi) is 7.61. The van der Waals surface area contributed by atoms with Crippen LogP contribution < -0.4 is 10.0 Å². The summed E-state index contributed by atoms with van der Waals surface area (Å²) in [4.78, 5) is 3.98. The van der Waals surface area contributed by atoms with Gasteiger partial charge >= 0.3 is 0 Å². The highest BCUT2D eigenvalue weighted by Crippen LogP contribution is 1.94. The molecule has 0 aliphatic heterocycles. The number of nitrogens with one attached hydrogen (secondary N) is 3. The fourth-order valence-electron chi connectivity index (χ4n) is 1.60. The molecule has 1 rings (SSSR count). The molecule has 0 aliphatic carbocycles. The van der Waals surface area contributed by atoms with E-state index < -0.39 is 10.0 Å². The summed E-state index contributed by atoms with van der Waals surface area (Å²) < 4.78 is 25.9. The Hall–Kier alpha value is -0.990. The van der Waals surface area contributed by atoms with Crippen LogP contribution in [0.5, 0.6) is 0 Å². The molecule has 1 aromatic heterocycles. The average Bonchev–Trinajstić information content (AvgIpc) is 2.87. The first kappa shape index (κ1) is 16.1. The SMILES string of the molecule is CCCNCCCS(=O)(=O)NCCCc1ncn[nH]1. The van der Waals surface area contributed by atoms with Crippen molar-refractivity contribution < 1.29 is 8.42 Å². The monoisotopic (exact) mass is 289 g/mol. The number of aryl methyl sites for hydroxylation is 1. The summed E-state index contributed by atoms with van der Waals surface area (Å²) in [5.74, 6) is 0.953. The van der Waals surface area contributed by atoms with Crippen LogP contribution in [0.15, 0.2) is 6.33 Å². The lowest BCUT2D eigenvalue weighted by atomic mass is 10.3. The molecule has 19 heavy (non-hydrogen) atoms. The molecule has 0 unspecified atom stereocenters. The molecule has 0 amide bonds. The van der Waals surface area contributed by atoms with E-state index in [-0.39, 0.29) is 5.75 Å². The van der Waals surface area contributed by atoms with Gasteiger partial charge in [0, 0.05) is 13.0 Å². The minimum atomic E-state index is -3.15. The molecule has 0 atom stereocenters. The first-order valence-corrected chi connectivity index (χ1v) is 8.31. The molecule has 0 spiro atoms. The summed E-state index contributed by atoms with van der Waals surface area (Å²) in [6.07, 6.45) is 4.55. The second-order valence-electron chi connectivity index (χ2n) is 4.35. The van der Waals surface area contributed by atoms with Crippen LogP contribution in [0.4, 0.5) is 0 Å². The molecule has 1 heterocycles. The summed E-state index contributed by atoms with van der Waals surface area (Å²) in [6, 6.07) is 0. The zero-order valence-corrected chi connectivity index (χ0v) is 12.2. The lowest BCUT2D eigenvalue weighted by Crippen LogP contribution is -2.29. The predicted molar refractivity (Wildman–Crippen MR) is 74.3 cm³/mol. The number of hydrogen-bond acceptors (Lipinski definition) is 5. The smallest absolute Gasteiger partial charge is 0.211 e. The van der Waals surface area contributed by atoms with E-state index in [1.165, 1.54) is 6.33 Å². The quantitative estimate of drug-likeness (QED) is 0.500. The third-order valence-corrected chi connectivity index (χ3v) is 4.04. The maximum atomic E-state index is 11.6. The maximum Gasteiger partial charge on any atom is 0.211 e. The van der Waals surface area contributed by atoms with Gasteiger partial charge in [-0.05, 0) is 32.4 Å². The van der Waals surface area contributed by atoms with E-state index in [9.17, 15) is 8.42 Å². The highest BCUT2D eigenvalue weighted by molar-refractivity contribution is 7.89. The molecule has 0 saturated heterocycles. The highest BCUT2D eigenvalue weighted by atomic mass is 32.2. The Morgan fingerprint density at radius 1 is 1.26 bits per heavy atom. The molecule has 0 aliphatic rings. The van der Waals surface area contributed by atoms with Gasteiger partial charge in [-0.2, -0.15) is 5.10 Å². The topological polar surface area (TPSA) is 99.8 Å². The van der Waals surface area contributed by atoms with Gasteiger partial charge in [-0.1, -0.05) is 6.92 Å². The molecule has 0 fully saturated rings. The van der Waals surface area contributed by atoms with E-state index in [0.717, 1.165) is 25.3 Å². The molecule has 110 valence electrons. The zero-order chi connectivity index (χ0) is 14.0. The van der Waals surface area contributed by atoms with Crippen LogP contribution in [0.25, 0.3) is 0 Å².